The van der Waals surface area contributed by atoms with E-state index in [-0.39, 0.29) is 11.7 Å². The predicted octanol–water partition coefficient (Wildman–Crippen LogP) is 2.32. The molecule has 0 saturated carbocycles. The molecule has 3 N–H and O–H groups in total. The first-order chi connectivity index (χ1) is 7.30. The fourth-order valence-corrected chi connectivity index (χ4v) is 2.91. The van der Waals surface area contributed by atoms with Gasteiger partial charge in [-0.05, 0) is 24.1 Å². The Morgan fingerprint density at radius 3 is 2.62 bits per heavy atom. The molecule has 0 spiro atoms. The lowest BCUT2D eigenvalue weighted by molar-refractivity contribution is 0.587. The Morgan fingerprint density at radius 1 is 1.44 bits per heavy atom. The predicted molar refractivity (Wildman–Crippen MR) is 68.1 cm³/mol. The van der Waals surface area contributed by atoms with Crippen LogP contribution in [0.4, 0.5) is 11.4 Å². The van der Waals surface area contributed by atoms with Crippen LogP contribution in [0.3, 0.4) is 0 Å². The summed E-state index contributed by atoms with van der Waals surface area (Å²) in [6, 6.07) is 4.67. The Bertz CT molecular complexity index is 472. The second-order valence-electron chi connectivity index (χ2n) is 4.01. The van der Waals surface area contributed by atoms with Gasteiger partial charge >= 0.3 is 0 Å². The van der Waals surface area contributed by atoms with Gasteiger partial charge in [0.15, 0.2) is 0 Å². The van der Waals surface area contributed by atoms with Crippen molar-refractivity contribution in [3.8, 4) is 0 Å². The van der Waals surface area contributed by atoms with E-state index in [1.54, 1.807) is 12.1 Å². The molecule has 1 rings (SSSR count). The highest BCUT2D eigenvalue weighted by Crippen LogP contribution is 2.24. The number of hydrogen-bond acceptors (Lipinski definition) is 3. The van der Waals surface area contributed by atoms with Crippen LogP contribution in [0.1, 0.15) is 13.8 Å². The summed E-state index contributed by atoms with van der Waals surface area (Å²) < 4.78 is 25.7. The Balaban J connectivity index is 2.92. The van der Waals surface area contributed by atoms with Crippen molar-refractivity contribution in [2.45, 2.75) is 13.8 Å². The molecule has 0 aliphatic carbocycles. The topological polar surface area (TPSA) is 72.2 Å². The lowest BCUT2D eigenvalue weighted by atomic mass is 10.3. The van der Waals surface area contributed by atoms with Crippen LogP contribution in [0.25, 0.3) is 0 Å². The van der Waals surface area contributed by atoms with Crippen molar-refractivity contribution in [1.82, 2.24) is 0 Å². The Kier molecular flexibility index (Phi) is 4.04. The largest absolute Gasteiger partial charge is 0.397 e. The second kappa shape index (κ2) is 4.93. The number of nitrogen functional groups attached to an aromatic ring is 1. The van der Waals surface area contributed by atoms with E-state index in [1.807, 2.05) is 13.8 Å². The van der Waals surface area contributed by atoms with Gasteiger partial charge < -0.3 is 5.73 Å². The first-order valence-corrected chi connectivity index (χ1v) is 6.89. The van der Waals surface area contributed by atoms with E-state index >= 15 is 0 Å². The summed E-state index contributed by atoms with van der Waals surface area (Å²) in [5.74, 6) is 0.108. The maximum Gasteiger partial charge on any atom is 0.233 e. The lowest BCUT2D eigenvalue weighted by Gasteiger charge is -2.11. The molecule has 0 aliphatic rings. The summed E-state index contributed by atoms with van der Waals surface area (Å²) in [7, 11) is -3.36. The van der Waals surface area contributed by atoms with Crippen molar-refractivity contribution in [2.24, 2.45) is 5.92 Å². The van der Waals surface area contributed by atoms with Gasteiger partial charge in [-0.3, -0.25) is 4.72 Å². The van der Waals surface area contributed by atoms with Gasteiger partial charge in [0.05, 0.1) is 17.1 Å². The molecular weight excluding hydrogens is 248 g/mol. The first-order valence-electron chi connectivity index (χ1n) is 4.85. The van der Waals surface area contributed by atoms with Crippen LogP contribution < -0.4 is 10.5 Å². The summed E-state index contributed by atoms with van der Waals surface area (Å²) in [6.07, 6.45) is 0. The number of nitrogens with two attached hydrogens (primary N) is 1. The molecule has 0 saturated heterocycles. The summed E-state index contributed by atoms with van der Waals surface area (Å²) >= 11 is 5.76. The summed E-state index contributed by atoms with van der Waals surface area (Å²) in [6.45, 7) is 3.67. The quantitative estimate of drug-likeness (QED) is 0.818. The van der Waals surface area contributed by atoms with Gasteiger partial charge in [-0.1, -0.05) is 25.4 Å². The molecule has 0 unspecified atom stereocenters. The van der Waals surface area contributed by atoms with Gasteiger partial charge in [0.1, 0.15) is 0 Å². The van der Waals surface area contributed by atoms with Crippen molar-refractivity contribution in [2.75, 3.05) is 16.2 Å². The van der Waals surface area contributed by atoms with Gasteiger partial charge in [0.25, 0.3) is 0 Å². The van der Waals surface area contributed by atoms with E-state index in [4.69, 9.17) is 17.3 Å². The fourth-order valence-electron chi connectivity index (χ4n) is 1.26. The van der Waals surface area contributed by atoms with E-state index in [0.717, 1.165) is 0 Å². The standard InChI is InChI=1S/C10H15ClN2O2S/c1-7(2)6-16(14,15)13-10-5-8(11)3-4-9(10)12/h3-5,7,13H,6,12H2,1-2H3. The molecule has 16 heavy (non-hydrogen) atoms. The van der Waals surface area contributed by atoms with Crippen molar-refractivity contribution in [3.63, 3.8) is 0 Å². The highest BCUT2D eigenvalue weighted by molar-refractivity contribution is 7.92. The fraction of sp³-hybridized carbons (Fsp3) is 0.400. The maximum atomic E-state index is 11.7. The summed E-state index contributed by atoms with van der Waals surface area (Å²) in [4.78, 5) is 0. The third-order valence-electron chi connectivity index (χ3n) is 1.83. The molecule has 0 amide bonds. The van der Waals surface area contributed by atoms with Gasteiger partial charge in [-0.25, -0.2) is 8.42 Å². The average Bonchev–Trinajstić information content (AvgIpc) is 2.08. The van der Waals surface area contributed by atoms with Crippen LogP contribution in [-0.2, 0) is 10.0 Å². The molecule has 0 radical (unpaired) electrons. The van der Waals surface area contributed by atoms with Crippen LogP contribution in [0.5, 0.6) is 0 Å². The molecule has 0 fully saturated rings. The van der Waals surface area contributed by atoms with E-state index < -0.39 is 10.0 Å². The third-order valence-corrected chi connectivity index (χ3v) is 3.71. The van der Waals surface area contributed by atoms with E-state index in [0.29, 0.717) is 16.4 Å². The van der Waals surface area contributed by atoms with E-state index in [1.165, 1.54) is 6.07 Å². The zero-order chi connectivity index (χ0) is 12.3. The van der Waals surface area contributed by atoms with Crippen LogP contribution in [0.15, 0.2) is 18.2 Å². The Hall–Kier alpha value is -0.940. The van der Waals surface area contributed by atoms with Crippen molar-refractivity contribution < 1.29 is 8.42 Å². The first kappa shape index (κ1) is 13.1. The zero-order valence-corrected chi connectivity index (χ0v) is 10.8. The molecule has 0 heterocycles. The Morgan fingerprint density at radius 2 is 2.06 bits per heavy atom. The average molecular weight is 263 g/mol. The SMILES string of the molecule is CC(C)CS(=O)(=O)Nc1cc(Cl)ccc1N. The summed E-state index contributed by atoms with van der Waals surface area (Å²) in [5, 5.41) is 0.441. The van der Waals surface area contributed by atoms with Crippen LogP contribution in [0, 0.1) is 5.92 Å². The molecule has 6 heteroatoms. The molecule has 0 atom stereocenters. The monoisotopic (exact) mass is 262 g/mol. The van der Waals surface area contributed by atoms with Crippen LogP contribution in [-0.4, -0.2) is 14.2 Å². The lowest BCUT2D eigenvalue weighted by Crippen LogP contribution is -2.20. The highest BCUT2D eigenvalue weighted by atomic mass is 35.5. The van der Waals surface area contributed by atoms with Gasteiger partial charge in [0, 0.05) is 5.02 Å². The molecule has 1 aromatic rings. The molecule has 0 aliphatic heterocycles. The number of rotatable bonds is 4. The minimum atomic E-state index is -3.36. The minimum absolute atomic E-state index is 0.0536. The van der Waals surface area contributed by atoms with Crippen molar-refractivity contribution >= 4 is 33.0 Å². The Labute approximate surface area is 101 Å². The van der Waals surface area contributed by atoms with E-state index in [2.05, 4.69) is 4.72 Å². The third kappa shape index (κ3) is 3.90. The summed E-state index contributed by atoms with van der Waals surface area (Å²) in [5.41, 5.74) is 6.33. The van der Waals surface area contributed by atoms with E-state index in [9.17, 15) is 8.42 Å². The van der Waals surface area contributed by atoms with Gasteiger partial charge in [-0.2, -0.15) is 0 Å². The number of nitrogens with one attached hydrogen (secondary N) is 1. The number of hydrogen-bond donors (Lipinski definition) is 2. The molecule has 1 aromatic carbocycles. The van der Waals surface area contributed by atoms with Crippen molar-refractivity contribution in [1.29, 1.82) is 0 Å². The number of benzene rings is 1. The molecule has 4 nitrogen and oxygen atoms in total. The maximum absolute atomic E-state index is 11.7. The number of anilines is 2. The molecular formula is C10H15ClN2O2S. The highest BCUT2D eigenvalue weighted by Gasteiger charge is 2.14. The molecule has 90 valence electrons. The number of halogens is 1. The zero-order valence-electron chi connectivity index (χ0n) is 9.20. The number of sulfonamides is 1. The van der Waals surface area contributed by atoms with Crippen LogP contribution in [0.2, 0.25) is 5.02 Å². The molecule has 0 bridgehead atoms. The second-order valence-corrected chi connectivity index (χ2v) is 6.21. The normalized spacial score (nSPS) is 11.8. The van der Waals surface area contributed by atoms with Crippen LogP contribution >= 0.6 is 11.6 Å². The van der Waals surface area contributed by atoms with Crippen molar-refractivity contribution in [3.05, 3.63) is 23.2 Å². The smallest absolute Gasteiger partial charge is 0.233 e. The van der Waals surface area contributed by atoms with Gasteiger partial charge in [0.2, 0.25) is 10.0 Å². The molecule has 0 aromatic heterocycles. The minimum Gasteiger partial charge on any atom is -0.397 e. The van der Waals surface area contributed by atoms with Gasteiger partial charge in [-0.15, -0.1) is 0 Å².